The number of fused-ring (bicyclic) bond motifs is 1. The van der Waals surface area contributed by atoms with E-state index in [1.54, 1.807) is 16.0 Å². The van der Waals surface area contributed by atoms with Crippen molar-refractivity contribution in [2.24, 2.45) is 5.92 Å². The fraction of sp³-hybridized carbons (Fsp3) is 0.391. The van der Waals surface area contributed by atoms with E-state index >= 15 is 0 Å². The van der Waals surface area contributed by atoms with Crippen LogP contribution in [0.4, 0.5) is 29.3 Å². The van der Waals surface area contributed by atoms with Crippen molar-refractivity contribution in [2.45, 2.75) is 44.3 Å². The monoisotopic (exact) mass is 486 g/mol. The van der Waals surface area contributed by atoms with Crippen molar-refractivity contribution in [3.8, 4) is 0 Å². The molecule has 0 spiro atoms. The van der Waals surface area contributed by atoms with Gasteiger partial charge in [0.2, 0.25) is 5.91 Å². The van der Waals surface area contributed by atoms with Gasteiger partial charge in [-0.15, -0.1) is 0 Å². The number of carbonyl (C=O) groups is 2. The third-order valence-electron chi connectivity index (χ3n) is 6.89. The molecule has 1 aliphatic carbocycles. The molecule has 1 saturated carbocycles. The molecule has 2 atom stereocenters. The van der Waals surface area contributed by atoms with Crippen molar-refractivity contribution in [2.75, 3.05) is 16.8 Å². The van der Waals surface area contributed by atoms with Crippen LogP contribution in [0.3, 0.4) is 0 Å². The van der Waals surface area contributed by atoms with Crippen molar-refractivity contribution >= 4 is 23.3 Å². The Labute approximate surface area is 197 Å². The summed E-state index contributed by atoms with van der Waals surface area (Å²) in [6.07, 6.45) is 6.80. The topological polar surface area (TPSA) is 96.5 Å². The van der Waals surface area contributed by atoms with E-state index in [2.05, 4.69) is 15.4 Å². The highest BCUT2D eigenvalue weighted by Gasteiger charge is 2.43. The van der Waals surface area contributed by atoms with Crippen molar-refractivity contribution in [1.82, 2.24) is 19.7 Å². The first-order chi connectivity index (χ1) is 16.9. The summed E-state index contributed by atoms with van der Waals surface area (Å²) in [5, 5.41) is 6.97. The van der Waals surface area contributed by atoms with Crippen LogP contribution in [0.5, 0.6) is 0 Å². The van der Waals surface area contributed by atoms with E-state index in [-0.39, 0.29) is 42.4 Å². The fourth-order valence-electron chi connectivity index (χ4n) is 4.97. The minimum atomic E-state index is -1.59. The van der Waals surface area contributed by atoms with E-state index < -0.39 is 23.5 Å². The summed E-state index contributed by atoms with van der Waals surface area (Å²) in [4.78, 5) is 33.4. The lowest BCUT2D eigenvalue weighted by Crippen LogP contribution is -2.49. The van der Waals surface area contributed by atoms with Gasteiger partial charge in [0.05, 0.1) is 48.8 Å². The van der Waals surface area contributed by atoms with Gasteiger partial charge in [-0.3, -0.25) is 9.48 Å². The summed E-state index contributed by atoms with van der Waals surface area (Å²) in [7, 11) is 0. The zero-order chi connectivity index (χ0) is 24.3. The molecule has 2 aliphatic heterocycles. The molecule has 4 heterocycles. The molecule has 2 fully saturated rings. The standard InChI is InChI=1S/C23H21F3N6O3/c24-15-6-14(7-16(25)21(15)26)29-23(34)31-10-19-17(8-28-32(19)11-18(31)12-1-2-12)30-9-13(5-20(30)33)22-27-3-4-35-22/h3-4,6-8,12-13,18H,1-2,5,9-11H2,(H,29,34)/t13-,18-/m1/s1. The van der Waals surface area contributed by atoms with Gasteiger partial charge in [-0.25, -0.2) is 22.9 Å². The molecule has 35 heavy (non-hydrogen) atoms. The highest BCUT2D eigenvalue weighted by atomic mass is 19.2. The minimum Gasteiger partial charge on any atom is -0.449 e. The Bertz CT molecular complexity index is 1280. The van der Waals surface area contributed by atoms with Crippen LogP contribution in [0.25, 0.3) is 0 Å². The van der Waals surface area contributed by atoms with Gasteiger partial charge in [-0.05, 0) is 18.8 Å². The Morgan fingerprint density at radius 2 is 1.91 bits per heavy atom. The first kappa shape index (κ1) is 21.7. The lowest BCUT2D eigenvalue weighted by molar-refractivity contribution is -0.117. The van der Waals surface area contributed by atoms with Crippen molar-refractivity contribution in [3.63, 3.8) is 0 Å². The normalized spacial score (nSPS) is 22.0. The first-order valence-corrected chi connectivity index (χ1v) is 11.4. The number of hydrogen-bond donors (Lipinski definition) is 1. The molecule has 1 saturated heterocycles. The molecule has 0 bridgehead atoms. The smallest absolute Gasteiger partial charge is 0.322 e. The molecule has 182 valence electrons. The summed E-state index contributed by atoms with van der Waals surface area (Å²) in [6, 6.07) is 0.762. The highest BCUT2D eigenvalue weighted by Crippen LogP contribution is 2.41. The molecular formula is C23H21F3N6O3. The number of halogens is 3. The van der Waals surface area contributed by atoms with Crippen LogP contribution in [0.2, 0.25) is 0 Å². The van der Waals surface area contributed by atoms with Crippen LogP contribution in [0, 0.1) is 23.4 Å². The van der Waals surface area contributed by atoms with Gasteiger partial charge >= 0.3 is 6.03 Å². The maximum absolute atomic E-state index is 13.7. The van der Waals surface area contributed by atoms with Crippen LogP contribution in [0.15, 0.2) is 35.2 Å². The minimum absolute atomic E-state index is 0.0958. The molecule has 6 rings (SSSR count). The summed E-state index contributed by atoms with van der Waals surface area (Å²) in [5.41, 5.74) is 1.12. The summed E-state index contributed by atoms with van der Waals surface area (Å²) in [6.45, 7) is 0.969. The van der Waals surface area contributed by atoms with Crippen LogP contribution >= 0.6 is 0 Å². The van der Waals surface area contributed by atoms with E-state index in [0.717, 1.165) is 25.0 Å². The second-order valence-corrected chi connectivity index (χ2v) is 9.15. The number of rotatable bonds is 4. The molecule has 3 amide bonds. The molecular weight excluding hydrogens is 465 g/mol. The van der Waals surface area contributed by atoms with Gasteiger partial charge in [-0.1, -0.05) is 0 Å². The molecule has 3 aromatic rings. The van der Waals surface area contributed by atoms with Gasteiger partial charge < -0.3 is 19.5 Å². The van der Waals surface area contributed by atoms with Crippen LogP contribution in [-0.4, -0.2) is 44.2 Å². The lowest BCUT2D eigenvalue weighted by Gasteiger charge is -2.37. The van der Waals surface area contributed by atoms with Gasteiger partial charge in [0.15, 0.2) is 23.3 Å². The number of nitrogens with zero attached hydrogens (tertiary/aromatic N) is 5. The van der Waals surface area contributed by atoms with E-state index in [1.807, 2.05) is 4.68 Å². The number of amides is 3. The number of nitrogens with one attached hydrogen (secondary N) is 1. The largest absolute Gasteiger partial charge is 0.449 e. The zero-order valence-corrected chi connectivity index (χ0v) is 18.5. The Morgan fingerprint density at radius 1 is 1.14 bits per heavy atom. The molecule has 9 nitrogen and oxygen atoms in total. The van der Waals surface area contributed by atoms with E-state index in [1.165, 1.54) is 12.5 Å². The molecule has 0 radical (unpaired) electrons. The molecule has 1 N–H and O–H groups in total. The van der Waals surface area contributed by atoms with Gasteiger partial charge in [0.1, 0.15) is 6.26 Å². The van der Waals surface area contributed by atoms with Crippen LogP contribution < -0.4 is 10.2 Å². The maximum atomic E-state index is 13.7. The number of aromatic nitrogens is 3. The van der Waals surface area contributed by atoms with Gasteiger partial charge in [0.25, 0.3) is 0 Å². The number of carbonyl (C=O) groups excluding carboxylic acids is 2. The van der Waals surface area contributed by atoms with Crippen molar-refractivity contribution < 1.29 is 27.2 Å². The predicted molar refractivity (Wildman–Crippen MR) is 116 cm³/mol. The second-order valence-electron chi connectivity index (χ2n) is 9.15. The Morgan fingerprint density at radius 3 is 2.60 bits per heavy atom. The Balaban J connectivity index is 1.26. The quantitative estimate of drug-likeness (QED) is 0.568. The fourth-order valence-corrected chi connectivity index (χ4v) is 4.97. The molecule has 3 aliphatic rings. The first-order valence-electron chi connectivity index (χ1n) is 11.4. The number of urea groups is 1. The number of hydrogen-bond acceptors (Lipinski definition) is 5. The Kier molecular flexibility index (Phi) is 5.04. The highest BCUT2D eigenvalue weighted by molar-refractivity contribution is 5.97. The maximum Gasteiger partial charge on any atom is 0.322 e. The summed E-state index contributed by atoms with van der Waals surface area (Å²) >= 11 is 0. The third kappa shape index (κ3) is 3.82. The number of benzene rings is 1. The molecule has 0 unspecified atom stereocenters. The van der Waals surface area contributed by atoms with E-state index in [0.29, 0.717) is 30.4 Å². The van der Waals surface area contributed by atoms with Crippen LogP contribution in [-0.2, 0) is 17.9 Å². The van der Waals surface area contributed by atoms with E-state index in [9.17, 15) is 22.8 Å². The van der Waals surface area contributed by atoms with Crippen molar-refractivity contribution in [3.05, 3.63) is 59.8 Å². The second kappa shape index (κ2) is 8.14. The zero-order valence-electron chi connectivity index (χ0n) is 18.5. The summed E-state index contributed by atoms with van der Waals surface area (Å²) < 4.78 is 47.8. The average molecular weight is 486 g/mol. The predicted octanol–water partition coefficient (Wildman–Crippen LogP) is 3.64. The summed E-state index contributed by atoms with van der Waals surface area (Å²) in [5.74, 6) is -3.86. The van der Waals surface area contributed by atoms with Gasteiger partial charge in [-0.2, -0.15) is 5.10 Å². The molecule has 1 aromatic carbocycles. The van der Waals surface area contributed by atoms with Crippen LogP contribution in [0.1, 0.15) is 36.8 Å². The SMILES string of the molecule is O=C1C[C@@H](c2ncco2)CN1c1cnn2c1CN(C(=O)Nc1cc(F)c(F)c(F)c1)[C@@H](C1CC1)C2. The molecule has 12 heteroatoms. The molecule has 2 aromatic heterocycles. The van der Waals surface area contributed by atoms with Gasteiger partial charge in [0, 0.05) is 30.8 Å². The lowest BCUT2D eigenvalue weighted by atomic mass is 10.1. The van der Waals surface area contributed by atoms with Crippen molar-refractivity contribution in [1.29, 1.82) is 0 Å². The third-order valence-corrected chi connectivity index (χ3v) is 6.89. The number of anilines is 2. The average Bonchev–Trinajstić information content (AvgIpc) is 3.20. The van der Waals surface area contributed by atoms with E-state index in [4.69, 9.17) is 4.42 Å². The number of oxazole rings is 1. The Hall–Kier alpha value is -3.83.